The first-order valence-corrected chi connectivity index (χ1v) is 5.95. The summed E-state index contributed by atoms with van der Waals surface area (Å²) < 4.78 is 12.7. The number of benzene rings is 1. The highest BCUT2D eigenvalue weighted by atomic mass is 19.1. The zero-order chi connectivity index (χ0) is 13.8. The Hall–Kier alpha value is -2.31. The third-order valence-electron chi connectivity index (χ3n) is 3.01. The van der Waals surface area contributed by atoms with Crippen molar-refractivity contribution in [1.29, 1.82) is 0 Å². The number of amides is 3. The Kier molecular flexibility index (Phi) is 3.84. The molecule has 1 saturated heterocycles. The van der Waals surface area contributed by atoms with Crippen LogP contribution in [-0.4, -0.2) is 29.4 Å². The van der Waals surface area contributed by atoms with Crippen LogP contribution >= 0.6 is 0 Å². The quantitative estimate of drug-likeness (QED) is 0.707. The molecule has 0 radical (unpaired) electrons. The third-order valence-corrected chi connectivity index (χ3v) is 3.01. The number of halogens is 1. The first-order chi connectivity index (χ1) is 9.08. The second-order valence-electron chi connectivity index (χ2n) is 4.31. The molecule has 0 aromatic heterocycles. The molecule has 1 aliphatic heterocycles. The molecule has 19 heavy (non-hydrogen) atoms. The van der Waals surface area contributed by atoms with E-state index in [1.54, 1.807) is 0 Å². The van der Waals surface area contributed by atoms with Crippen molar-refractivity contribution in [3.63, 3.8) is 0 Å². The van der Waals surface area contributed by atoms with Crippen molar-refractivity contribution in [2.45, 2.75) is 18.9 Å². The molecule has 1 fully saturated rings. The van der Waals surface area contributed by atoms with Crippen molar-refractivity contribution in [1.82, 2.24) is 10.3 Å². The van der Waals surface area contributed by atoms with Gasteiger partial charge in [0.05, 0.1) is 5.69 Å². The van der Waals surface area contributed by atoms with Crippen LogP contribution in [0, 0.1) is 5.82 Å². The van der Waals surface area contributed by atoms with Gasteiger partial charge in [0.25, 0.3) is 5.91 Å². The smallest absolute Gasteiger partial charge is 0.315 e. The number of hydrogen-bond acceptors (Lipinski definition) is 3. The fraction of sp³-hybridized carbons (Fsp3) is 0.333. The highest BCUT2D eigenvalue weighted by Crippen LogP contribution is 2.16. The van der Waals surface area contributed by atoms with Gasteiger partial charge in [-0.2, -0.15) is 0 Å². The van der Waals surface area contributed by atoms with Gasteiger partial charge in [0.15, 0.2) is 0 Å². The molecule has 102 valence electrons. The Labute approximate surface area is 109 Å². The lowest BCUT2D eigenvalue weighted by Crippen LogP contribution is -2.49. The molecule has 4 N–H and O–H groups in total. The van der Waals surface area contributed by atoms with Crippen LogP contribution < -0.4 is 16.6 Å². The maximum absolute atomic E-state index is 12.7. The van der Waals surface area contributed by atoms with Crippen molar-refractivity contribution in [2.24, 2.45) is 5.73 Å². The molecule has 1 aliphatic rings. The first-order valence-electron chi connectivity index (χ1n) is 5.95. The number of nitrogens with two attached hydrogens (primary N) is 1. The molecule has 7 heteroatoms. The van der Waals surface area contributed by atoms with E-state index >= 15 is 0 Å². The molecule has 0 saturated carbocycles. The predicted molar refractivity (Wildman–Crippen MR) is 67.5 cm³/mol. The normalized spacial score (nSPS) is 18.2. The zero-order valence-corrected chi connectivity index (χ0v) is 10.2. The number of carbonyl (C=O) groups is 2. The number of nitrogens with zero attached hydrogens (tertiary/aromatic N) is 1. The first kappa shape index (κ1) is 13.1. The van der Waals surface area contributed by atoms with Crippen molar-refractivity contribution in [3.05, 3.63) is 30.1 Å². The van der Waals surface area contributed by atoms with E-state index in [9.17, 15) is 14.0 Å². The molecule has 1 heterocycles. The summed E-state index contributed by atoms with van der Waals surface area (Å²) in [7, 11) is 0. The van der Waals surface area contributed by atoms with Gasteiger partial charge in [-0.3, -0.25) is 15.6 Å². The van der Waals surface area contributed by atoms with Gasteiger partial charge in [0.1, 0.15) is 11.9 Å². The minimum Gasteiger partial charge on any atom is -0.351 e. The average molecular weight is 266 g/mol. The van der Waals surface area contributed by atoms with E-state index < -0.39 is 12.1 Å². The van der Waals surface area contributed by atoms with Crippen LogP contribution in [-0.2, 0) is 4.79 Å². The molecule has 3 amide bonds. The SMILES string of the molecule is NC(=O)N1CCC[C@@H]1C(=O)NNc1ccc(F)cc1. The lowest BCUT2D eigenvalue weighted by molar-refractivity contribution is -0.124. The number of nitrogens with one attached hydrogen (secondary N) is 2. The Morgan fingerprint density at radius 2 is 2.00 bits per heavy atom. The van der Waals surface area contributed by atoms with Crippen LogP contribution in [0.4, 0.5) is 14.9 Å². The highest BCUT2D eigenvalue weighted by Gasteiger charge is 2.32. The van der Waals surface area contributed by atoms with E-state index in [-0.39, 0.29) is 11.7 Å². The molecule has 0 aliphatic carbocycles. The Morgan fingerprint density at radius 1 is 1.32 bits per heavy atom. The second-order valence-corrected chi connectivity index (χ2v) is 4.31. The van der Waals surface area contributed by atoms with E-state index in [1.165, 1.54) is 29.2 Å². The second kappa shape index (κ2) is 5.55. The van der Waals surface area contributed by atoms with Gasteiger partial charge >= 0.3 is 6.03 Å². The van der Waals surface area contributed by atoms with Crippen LogP contribution in [0.2, 0.25) is 0 Å². The monoisotopic (exact) mass is 266 g/mol. The summed E-state index contributed by atoms with van der Waals surface area (Å²) in [4.78, 5) is 24.4. The van der Waals surface area contributed by atoms with Gasteiger partial charge in [0.2, 0.25) is 0 Å². The van der Waals surface area contributed by atoms with Gasteiger partial charge in [0, 0.05) is 6.54 Å². The number of carbonyl (C=O) groups excluding carboxylic acids is 2. The lowest BCUT2D eigenvalue weighted by Gasteiger charge is -2.22. The molecule has 1 aromatic carbocycles. The Bertz CT molecular complexity index is 477. The van der Waals surface area contributed by atoms with Crippen LogP contribution in [0.15, 0.2) is 24.3 Å². The van der Waals surface area contributed by atoms with Crippen molar-refractivity contribution in [3.8, 4) is 0 Å². The van der Waals surface area contributed by atoms with Crippen molar-refractivity contribution >= 4 is 17.6 Å². The number of rotatable bonds is 3. The number of likely N-dealkylation sites (tertiary alicyclic amines) is 1. The fourth-order valence-electron chi connectivity index (χ4n) is 2.05. The summed E-state index contributed by atoms with van der Waals surface area (Å²) in [5.41, 5.74) is 10.9. The van der Waals surface area contributed by atoms with Crippen LogP contribution in [0.1, 0.15) is 12.8 Å². The highest BCUT2D eigenvalue weighted by molar-refractivity contribution is 5.87. The van der Waals surface area contributed by atoms with Gasteiger partial charge < -0.3 is 10.6 Å². The van der Waals surface area contributed by atoms with Gasteiger partial charge in [-0.25, -0.2) is 9.18 Å². The largest absolute Gasteiger partial charge is 0.351 e. The minimum absolute atomic E-state index is 0.333. The maximum Gasteiger partial charge on any atom is 0.315 e. The average Bonchev–Trinajstić information content (AvgIpc) is 2.87. The standard InChI is InChI=1S/C12H15FN4O2/c13-8-3-5-9(6-4-8)15-16-11(18)10-2-1-7-17(10)12(14)19/h3-6,10,15H,1-2,7H2,(H2,14,19)(H,16,18)/t10-/m1/s1. The third kappa shape index (κ3) is 3.12. The van der Waals surface area contributed by atoms with E-state index in [2.05, 4.69) is 10.9 Å². The molecule has 2 rings (SSSR count). The maximum atomic E-state index is 12.7. The number of hydrogen-bond donors (Lipinski definition) is 3. The number of anilines is 1. The molecular weight excluding hydrogens is 251 g/mol. The van der Waals surface area contributed by atoms with E-state index in [0.717, 1.165) is 6.42 Å². The van der Waals surface area contributed by atoms with Gasteiger partial charge in [-0.15, -0.1) is 0 Å². The van der Waals surface area contributed by atoms with Gasteiger partial charge in [-0.05, 0) is 37.1 Å². The molecule has 6 nitrogen and oxygen atoms in total. The van der Waals surface area contributed by atoms with Crippen LogP contribution in [0.25, 0.3) is 0 Å². The molecule has 1 aromatic rings. The zero-order valence-electron chi connectivity index (χ0n) is 10.2. The van der Waals surface area contributed by atoms with Crippen molar-refractivity contribution in [2.75, 3.05) is 12.0 Å². The summed E-state index contributed by atoms with van der Waals surface area (Å²) in [6.45, 7) is 0.490. The lowest BCUT2D eigenvalue weighted by atomic mass is 10.2. The van der Waals surface area contributed by atoms with E-state index in [0.29, 0.717) is 18.7 Å². The van der Waals surface area contributed by atoms with E-state index in [4.69, 9.17) is 5.73 Å². The Morgan fingerprint density at radius 3 is 2.63 bits per heavy atom. The number of primary amides is 1. The topological polar surface area (TPSA) is 87.5 Å². The molecule has 0 spiro atoms. The summed E-state index contributed by atoms with van der Waals surface area (Å²) in [6, 6.07) is 4.40. The fourth-order valence-corrected chi connectivity index (χ4v) is 2.05. The molecule has 1 atom stereocenters. The Balaban J connectivity index is 1.90. The predicted octanol–water partition coefficient (Wildman–Crippen LogP) is 0.812. The van der Waals surface area contributed by atoms with Crippen LogP contribution in [0.5, 0.6) is 0 Å². The number of urea groups is 1. The number of hydrazine groups is 1. The summed E-state index contributed by atoms with van der Waals surface area (Å²) in [6.07, 6.45) is 1.33. The summed E-state index contributed by atoms with van der Waals surface area (Å²) in [5.74, 6) is -0.687. The van der Waals surface area contributed by atoms with E-state index in [1.807, 2.05) is 0 Å². The minimum atomic E-state index is -0.598. The van der Waals surface area contributed by atoms with Crippen LogP contribution in [0.3, 0.4) is 0 Å². The summed E-state index contributed by atoms with van der Waals surface area (Å²) >= 11 is 0. The molecule has 0 unspecified atom stereocenters. The van der Waals surface area contributed by atoms with Gasteiger partial charge in [-0.1, -0.05) is 0 Å². The van der Waals surface area contributed by atoms with Crippen molar-refractivity contribution < 1.29 is 14.0 Å². The summed E-state index contributed by atoms with van der Waals surface area (Å²) in [5, 5.41) is 0. The molecule has 0 bridgehead atoms. The molecular formula is C12H15FN4O2.